The molecule has 0 aliphatic heterocycles. The summed E-state index contributed by atoms with van der Waals surface area (Å²) in [4.78, 5) is 12.3. The number of hydrogen-bond donors (Lipinski definition) is 1. The number of rotatable bonds is 3. The molecule has 0 unspecified atom stereocenters. The van der Waals surface area contributed by atoms with Gasteiger partial charge in [0.05, 0.1) is 11.9 Å². The normalized spacial score (nSPS) is 10.5. The Hall–Kier alpha value is -2.95. The Bertz CT molecular complexity index is 810. The first-order chi connectivity index (χ1) is 10.6. The minimum Gasteiger partial charge on any atom is -0.355 e. The molecule has 0 spiro atoms. The van der Waals surface area contributed by atoms with Crippen LogP contribution in [-0.4, -0.2) is 11.1 Å². The molecular formula is C17H13FN2O2. The highest BCUT2D eigenvalue weighted by Gasteiger charge is 2.18. The molecule has 3 rings (SSSR count). The average molecular weight is 296 g/mol. The zero-order valence-electron chi connectivity index (χ0n) is 11.8. The molecule has 0 saturated carbocycles. The molecule has 1 heterocycles. The van der Waals surface area contributed by atoms with Gasteiger partial charge in [0.25, 0.3) is 5.91 Å². The lowest BCUT2D eigenvalue weighted by molar-refractivity contribution is 0.102. The van der Waals surface area contributed by atoms with Gasteiger partial charge in [0.1, 0.15) is 11.4 Å². The van der Waals surface area contributed by atoms with Crippen LogP contribution in [0.25, 0.3) is 11.3 Å². The fourth-order valence-corrected chi connectivity index (χ4v) is 2.07. The van der Waals surface area contributed by atoms with Crippen LogP contribution >= 0.6 is 0 Å². The highest BCUT2D eigenvalue weighted by Crippen LogP contribution is 2.25. The van der Waals surface area contributed by atoms with Crippen molar-refractivity contribution in [1.29, 1.82) is 0 Å². The van der Waals surface area contributed by atoms with Gasteiger partial charge in [-0.05, 0) is 19.1 Å². The number of aromatic nitrogens is 1. The van der Waals surface area contributed by atoms with Gasteiger partial charge >= 0.3 is 0 Å². The van der Waals surface area contributed by atoms with Gasteiger partial charge in [0.15, 0.2) is 5.76 Å². The van der Waals surface area contributed by atoms with Crippen molar-refractivity contribution in [1.82, 2.24) is 5.16 Å². The maximum absolute atomic E-state index is 13.6. The third-order valence-electron chi connectivity index (χ3n) is 3.25. The molecule has 1 aromatic heterocycles. The van der Waals surface area contributed by atoms with Gasteiger partial charge in [0.2, 0.25) is 0 Å². The second-order valence-corrected chi connectivity index (χ2v) is 4.87. The van der Waals surface area contributed by atoms with Crippen LogP contribution in [0.15, 0.2) is 59.3 Å². The Morgan fingerprint density at radius 1 is 1.14 bits per heavy atom. The van der Waals surface area contributed by atoms with E-state index in [2.05, 4.69) is 10.5 Å². The van der Waals surface area contributed by atoms with E-state index in [1.54, 1.807) is 12.1 Å². The van der Waals surface area contributed by atoms with E-state index in [9.17, 15) is 9.18 Å². The molecule has 22 heavy (non-hydrogen) atoms. The molecule has 0 fully saturated rings. The molecule has 5 heteroatoms. The molecule has 0 aliphatic rings. The number of carbonyl (C=O) groups is 1. The molecule has 1 amide bonds. The highest BCUT2D eigenvalue weighted by molar-refractivity contribution is 6.07. The van der Waals surface area contributed by atoms with Crippen LogP contribution in [0.2, 0.25) is 0 Å². The summed E-state index contributed by atoms with van der Waals surface area (Å²) < 4.78 is 18.8. The predicted octanol–water partition coefficient (Wildman–Crippen LogP) is 4.04. The Morgan fingerprint density at radius 2 is 1.86 bits per heavy atom. The summed E-state index contributed by atoms with van der Waals surface area (Å²) in [6.45, 7) is 1.97. The van der Waals surface area contributed by atoms with Gasteiger partial charge in [-0.25, -0.2) is 4.39 Å². The third kappa shape index (κ3) is 2.74. The zero-order valence-corrected chi connectivity index (χ0v) is 11.8. The lowest BCUT2D eigenvalue weighted by atomic mass is 10.1. The van der Waals surface area contributed by atoms with Gasteiger partial charge in [-0.2, -0.15) is 0 Å². The van der Waals surface area contributed by atoms with Crippen molar-refractivity contribution in [2.75, 3.05) is 5.32 Å². The number of anilines is 1. The van der Waals surface area contributed by atoms with E-state index < -0.39 is 11.7 Å². The minimum atomic E-state index is -0.496. The summed E-state index contributed by atoms with van der Waals surface area (Å²) in [6.07, 6.45) is 1.32. The predicted molar refractivity (Wildman–Crippen MR) is 81.0 cm³/mol. The van der Waals surface area contributed by atoms with Crippen LogP contribution in [0.1, 0.15) is 15.9 Å². The Kier molecular flexibility index (Phi) is 3.70. The number of carbonyl (C=O) groups excluding carboxylic acids is 1. The number of hydrogen-bond acceptors (Lipinski definition) is 3. The van der Waals surface area contributed by atoms with E-state index in [4.69, 9.17) is 4.52 Å². The number of aryl methyl sites for hydroxylation is 1. The van der Waals surface area contributed by atoms with Gasteiger partial charge in [-0.15, -0.1) is 0 Å². The fraction of sp³-hybridized carbons (Fsp3) is 0.0588. The summed E-state index contributed by atoms with van der Waals surface area (Å²) in [7, 11) is 0. The molecule has 0 aliphatic carbocycles. The summed E-state index contributed by atoms with van der Waals surface area (Å²) in [6, 6.07) is 13.5. The number of nitrogens with zero attached hydrogens (tertiary/aromatic N) is 1. The van der Waals surface area contributed by atoms with Crippen LogP contribution in [-0.2, 0) is 0 Å². The molecule has 3 aromatic rings. The quantitative estimate of drug-likeness (QED) is 0.793. The molecule has 1 N–H and O–H groups in total. The number of nitrogens with one attached hydrogen (secondary N) is 1. The largest absolute Gasteiger partial charge is 0.355 e. The average Bonchev–Trinajstić information content (AvgIpc) is 3.00. The summed E-state index contributed by atoms with van der Waals surface area (Å²) in [5.41, 5.74) is 2.21. The van der Waals surface area contributed by atoms with Crippen molar-refractivity contribution in [2.45, 2.75) is 6.92 Å². The second-order valence-electron chi connectivity index (χ2n) is 4.87. The first kappa shape index (κ1) is 14.0. The van der Waals surface area contributed by atoms with Crippen molar-refractivity contribution in [2.24, 2.45) is 0 Å². The molecule has 0 bridgehead atoms. The fourth-order valence-electron chi connectivity index (χ4n) is 2.07. The van der Waals surface area contributed by atoms with Crippen molar-refractivity contribution >= 4 is 11.6 Å². The number of para-hydroxylation sites is 1. The van der Waals surface area contributed by atoms with Gasteiger partial charge in [0, 0.05) is 5.56 Å². The van der Waals surface area contributed by atoms with Crippen molar-refractivity contribution in [3.05, 3.63) is 71.7 Å². The second kappa shape index (κ2) is 5.81. The van der Waals surface area contributed by atoms with Crippen LogP contribution in [0.3, 0.4) is 0 Å². The lowest BCUT2D eigenvalue weighted by Crippen LogP contribution is -2.13. The van der Waals surface area contributed by atoms with E-state index in [0.29, 0.717) is 5.76 Å². The standard InChI is InChI=1S/C17H13FN2O2/c1-11-6-8-12(9-7-11)16-13(10-19-22-16)17(21)20-15-5-3-2-4-14(15)18/h2-10H,1H3,(H,20,21). The topological polar surface area (TPSA) is 55.1 Å². The number of halogens is 1. The zero-order chi connectivity index (χ0) is 15.5. The van der Waals surface area contributed by atoms with Gasteiger partial charge < -0.3 is 9.84 Å². The summed E-state index contributed by atoms with van der Waals surface area (Å²) in [5, 5.41) is 6.20. The number of benzene rings is 2. The maximum Gasteiger partial charge on any atom is 0.261 e. The Balaban J connectivity index is 1.90. The van der Waals surface area contributed by atoms with Crippen molar-refractivity contribution in [3.8, 4) is 11.3 Å². The molecule has 0 atom stereocenters. The maximum atomic E-state index is 13.6. The molecule has 0 saturated heterocycles. The van der Waals surface area contributed by atoms with Crippen LogP contribution in [0.5, 0.6) is 0 Å². The molecule has 0 radical (unpaired) electrons. The van der Waals surface area contributed by atoms with Crippen molar-refractivity contribution in [3.63, 3.8) is 0 Å². The van der Waals surface area contributed by atoms with Crippen LogP contribution < -0.4 is 5.32 Å². The number of amides is 1. The van der Waals surface area contributed by atoms with Gasteiger partial charge in [-0.1, -0.05) is 47.1 Å². The van der Waals surface area contributed by atoms with E-state index in [1.807, 2.05) is 31.2 Å². The molecular weight excluding hydrogens is 283 g/mol. The smallest absolute Gasteiger partial charge is 0.261 e. The third-order valence-corrected chi connectivity index (χ3v) is 3.25. The highest BCUT2D eigenvalue weighted by atomic mass is 19.1. The van der Waals surface area contributed by atoms with Crippen molar-refractivity contribution < 1.29 is 13.7 Å². The first-order valence-electron chi connectivity index (χ1n) is 6.73. The summed E-state index contributed by atoms with van der Waals surface area (Å²) in [5.74, 6) is -0.611. The molecule has 110 valence electrons. The van der Waals surface area contributed by atoms with E-state index >= 15 is 0 Å². The Morgan fingerprint density at radius 3 is 2.59 bits per heavy atom. The molecule has 2 aromatic carbocycles. The van der Waals surface area contributed by atoms with Crippen LogP contribution in [0.4, 0.5) is 10.1 Å². The summed E-state index contributed by atoms with van der Waals surface area (Å²) >= 11 is 0. The Labute approximate surface area is 126 Å². The first-order valence-corrected chi connectivity index (χ1v) is 6.73. The SMILES string of the molecule is Cc1ccc(-c2oncc2C(=O)Nc2ccccc2F)cc1. The minimum absolute atomic E-state index is 0.114. The van der Waals surface area contributed by atoms with E-state index in [-0.39, 0.29) is 11.3 Å². The van der Waals surface area contributed by atoms with Crippen LogP contribution in [0, 0.1) is 12.7 Å². The molecule has 4 nitrogen and oxygen atoms in total. The van der Waals surface area contributed by atoms with Gasteiger partial charge in [-0.3, -0.25) is 4.79 Å². The van der Waals surface area contributed by atoms with E-state index in [0.717, 1.165) is 11.1 Å². The lowest BCUT2D eigenvalue weighted by Gasteiger charge is -2.06. The van der Waals surface area contributed by atoms with E-state index in [1.165, 1.54) is 18.3 Å². The monoisotopic (exact) mass is 296 g/mol.